The lowest BCUT2D eigenvalue weighted by Gasteiger charge is -2.74. The number of phenolic OH excluding ortho intramolecular Hbond substituents is 1. The van der Waals surface area contributed by atoms with E-state index in [0.717, 1.165) is 125 Å². The van der Waals surface area contributed by atoms with E-state index >= 15 is 9.59 Å². The van der Waals surface area contributed by atoms with Gasteiger partial charge in [-0.15, -0.1) is 0 Å². The molecule has 9 fully saturated rings. The minimum Gasteiger partial charge on any atom is -0.508 e. The second-order valence-electron chi connectivity index (χ2n) is 28.4. The molecule has 18 unspecified atom stereocenters. The van der Waals surface area contributed by atoms with Gasteiger partial charge in [0.1, 0.15) is 17.6 Å². The van der Waals surface area contributed by atoms with Crippen LogP contribution in [0.5, 0.6) is 5.75 Å². The summed E-state index contributed by atoms with van der Waals surface area (Å²) < 4.78 is 6.80. The van der Waals surface area contributed by atoms with Gasteiger partial charge in [0.15, 0.2) is 5.78 Å². The van der Waals surface area contributed by atoms with Gasteiger partial charge in [-0.3, -0.25) is 9.59 Å². The summed E-state index contributed by atoms with van der Waals surface area (Å²) in [6.07, 6.45) is 17.2. The number of Topliss-reactive ketones (excluding diaryl/α,β-unsaturated/α-hetero) is 2. The van der Waals surface area contributed by atoms with Crippen molar-refractivity contribution in [2.24, 2.45) is 63.1 Å². The zero-order valence-electron chi connectivity index (χ0n) is 45.9. The van der Waals surface area contributed by atoms with E-state index in [4.69, 9.17) is 10.5 Å². The maximum absolute atomic E-state index is 16.3. The number of anilines is 1. The average Bonchev–Trinajstić information content (AvgIpc) is 3.75. The Kier molecular flexibility index (Phi) is 12.5. The maximum atomic E-state index is 16.3. The number of hydrogen-bond donors (Lipinski definition) is 7. The summed E-state index contributed by atoms with van der Waals surface area (Å²) in [5.74, 6) is 2.32. The number of rotatable bonds is 9. The number of aliphatic hydroxyl groups excluding tert-OH is 2. The minimum atomic E-state index is -0.910. The molecule has 1 spiro atoms. The lowest BCUT2D eigenvalue weighted by molar-refractivity contribution is -0.226. The first-order valence-corrected chi connectivity index (χ1v) is 29.8. The van der Waals surface area contributed by atoms with E-state index < -0.39 is 39.1 Å². The van der Waals surface area contributed by atoms with E-state index in [2.05, 4.69) is 62.6 Å². The lowest BCUT2D eigenvalue weighted by Crippen LogP contribution is -2.76. The van der Waals surface area contributed by atoms with E-state index in [1.807, 2.05) is 32.2 Å². The van der Waals surface area contributed by atoms with E-state index in [1.165, 1.54) is 11.1 Å². The molecule has 404 valence electrons. The molecule has 11 aliphatic rings. The highest BCUT2D eigenvalue weighted by molar-refractivity contribution is 6.01. The van der Waals surface area contributed by atoms with E-state index in [9.17, 15) is 20.4 Å². The number of hydrogen-bond acceptors (Lipinski definition) is 10. The predicted molar refractivity (Wildman–Crippen MR) is 289 cm³/mol. The molecule has 10 nitrogen and oxygen atoms in total. The third-order valence-electron chi connectivity index (χ3n) is 24.4. The summed E-state index contributed by atoms with van der Waals surface area (Å²) in [5.41, 5.74) is 8.35. The van der Waals surface area contributed by atoms with Gasteiger partial charge in [-0.25, -0.2) is 0 Å². The van der Waals surface area contributed by atoms with E-state index in [1.54, 1.807) is 0 Å². The number of ether oxygens (including phenoxy) is 1. The number of phenols is 1. The van der Waals surface area contributed by atoms with Crippen LogP contribution in [0.3, 0.4) is 0 Å². The molecule has 7 saturated carbocycles. The van der Waals surface area contributed by atoms with Gasteiger partial charge < -0.3 is 41.5 Å². The zero-order valence-corrected chi connectivity index (χ0v) is 45.9. The Morgan fingerprint density at radius 2 is 1.70 bits per heavy atom. The fourth-order valence-corrected chi connectivity index (χ4v) is 21.8. The summed E-state index contributed by atoms with van der Waals surface area (Å²) in [5, 5.41) is 54.9. The van der Waals surface area contributed by atoms with Crippen LogP contribution in [0.15, 0.2) is 53.6 Å². The molecule has 2 aliphatic heterocycles. The molecule has 13 rings (SSSR count). The van der Waals surface area contributed by atoms with Crippen molar-refractivity contribution in [2.45, 2.75) is 216 Å². The Morgan fingerprint density at radius 3 is 2.49 bits per heavy atom. The highest BCUT2D eigenvalue weighted by Crippen LogP contribution is 2.81. The fourth-order valence-electron chi connectivity index (χ4n) is 21.8. The Balaban J connectivity index is 0.985. The number of aromatic hydroxyl groups is 1. The van der Waals surface area contributed by atoms with Crippen LogP contribution in [0.4, 0.5) is 5.69 Å². The third kappa shape index (κ3) is 7.56. The first-order valence-electron chi connectivity index (χ1n) is 29.8. The van der Waals surface area contributed by atoms with Crippen LogP contribution in [-0.2, 0) is 26.3 Å². The molecule has 0 aromatic heterocycles. The van der Waals surface area contributed by atoms with Crippen LogP contribution in [0.1, 0.15) is 192 Å². The van der Waals surface area contributed by atoms with Crippen molar-refractivity contribution in [1.29, 1.82) is 0 Å². The summed E-state index contributed by atoms with van der Waals surface area (Å²) in [6, 6.07) is 14.3. The molecule has 2 heterocycles. The maximum Gasteiger partial charge on any atom is 0.160 e. The van der Waals surface area contributed by atoms with Crippen molar-refractivity contribution in [3.8, 4) is 5.75 Å². The molecular weight excluding hydrogens is 923 g/mol. The third-order valence-corrected chi connectivity index (χ3v) is 24.4. The number of fused-ring (bicyclic) bond motifs is 2. The van der Waals surface area contributed by atoms with Crippen LogP contribution in [0.2, 0.25) is 0 Å². The smallest absolute Gasteiger partial charge is 0.160 e. The van der Waals surface area contributed by atoms with Gasteiger partial charge in [-0.2, -0.15) is 0 Å². The number of benzene rings is 2. The quantitative estimate of drug-likeness (QED) is 0.0945. The molecule has 9 aliphatic carbocycles. The number of carbonyl (C=O) groups excluding carboxylic acids is 2. The molecule has 2 aromatic carbocycles. The molecule has 2 saturated heterocycles. The molecule has 0 amide bonds. The Bertz CT molecular complexity index is 2600. The molecule has 0 radical (unpaired) electrons. The normalized spacial score (nSPS) is 47.1. The molecule has 2 aromatic rings. The van der Waals surface area contributed by atoms with Gasteiger partial charge in [-0.1, -0.05) is 76.6 Å². The molecule has 74 heavy (non-hydrogen) atoms. The van der Waals surface area contributed by atoms with Crippen LogP contribution in [0, 0.1) is 63.1 Å². The number of epoxide rings is 1. The monoisotopic (exact) mass is 1010 g/mol. The second-order valence-corrected chi connectivity index (χ2v) is 28.4. The number of nitrogens with one attached hydrogen (secondary N) is 2. The number of nitrogens with two attached hydrogens (primary N) is 1. The van der Waals surface area contributed by atoms with Crippen molar-refractivity contribution in [3.63, 3.8) is 0 Å². The molecule has 10 heteroatoms. The highest BCUT2D eigenvalue weighted by atomic mass is 16.6. The highest BCUT2D eigenvalue weighted by Gasteiger charge is 2.80. The molecular formula is C64H91N3O7. The minimum absolute atomic E-state index is 0.0259. The van der Waals surface area contributed by atoms with Crippen molar-refractivity contribution in [1.82, 2.24) is 10.6 Å². The van der Waals surface area contributed by atoms with Gasteiger partial charge in [0, 0.05) is 48.2 Å². The topological polar surface area (TPSA) is 178 Å². The Morgan fingerprint density at radius 1 is 0.892 bits per heavy atom. The molecule has 18 atom stereocenters. The number of allylic oxidation sites excluding steroid dienone is 2. The zero-order chi connectivity index (χ0) is 52.0. The predicted octanol–water partition coefficient (Wildman–Crippen LogP) is 10.4. The van der Waals surface area contributed by atoms with Crippen molar-refractivity contribution >= 4 is 17.3 Å². The summed E-state index contributed by atoms with van der Waals surface area (Å²) in [4.78, 5) is 32.1. The number of ketones is 2. The van der Waals surface area contributed by atoms with Crippen molar-refractivity contribution in [3.05, 3.63) is 70.3 Å². The van der Waals surface area contributed by atoms with Gasteiger partial charge in [0.05, 0.1) is 22.7 Å². The largest absolute Gasteiger partial charge is 0.508 e. The number of aliphatic hydroxyl groups is 3. The SMILES string of the molecule is CNCc1cc(O)cc(C23CCC45CC67CCCC8CCC(CO)CC8C(CC(O)C8OC8(C)C8CCCC8c8cccc(N)c8)C8=C(CCC6C(C)(C2)C4C(C)(CCCCC(C)(O)CN5)C3=O)C7(C)CC8=O)c1. The van der Waals surface area contributed by atoms with Crippen LogP contribution < -0.4 is 16.4 Å². The number of carbonyl (C=O) groups is 2. The van der Waals surface area contributed by atoms with Crippen LogP contribution >= 0.6 is 0 Å². The van der Waals surface area contributed by atoms with Crippen LogP contribution in [0.25, 0.3) is 0 Å². The average molecular weight is 1010 g/mol. The summed E-state index contributed by atoms with van der Waals surface area (Å²) >= 11 is 0. The first-order chi connectivity index (χ1) is 35.2. The number of β-amino-alcohol motifs (C(OH)–C–C–N with tert-alkyl or cyclic N) is 1. The first kappa shape index (κ1) is 51.6. The number of nitrogen functional groups attached to an aromatic ring is 1. The Labute approximate surface area is 442 Å². The fraction of sp³-hybridized carbons (Fsp3) is 0.750. The summed E-state index contributed by atoms with van der Waals surface area (Å²) in [7, 11) is 1.93. The van der Waals surface area contributed by atoms with Crippen molar-refractivity contribution < 1.29 is 34.8 Å². The molecule has 9 bridgehead atoms. The van der Waals surface area contributed by atoms with Crippen LogP contribution in [-0.4, -0.2) is 81.1 Å². The van der Waals surface area contributed by atoms with Gasteiger partial charge in [0.2, 0.25) is 0 Å². The van der Waals surface area contributed by atoms with E-state index in [-0.39, 0.29) is 70.6 Å². The van der Waals surface area contributed by atoms with Crippen molar-refractivity contribution in [2.75, 3.05) is 25.9 Å². The van der Waals surface area contributed by atoms with Gasteiger partial charge in [-0.05, 0) is 222 Å². The van der Waals surface area contributed by atoms with Gasteiger partial charge >= 0.3 is 0 Å². The Hall–Kier alpha value is -3.12. The van der Waals surface area contributed by atoms with Gasteiger partial charge in [0.25, 0.3) is 0 Å². The lowest BCUT2D eigenvalue weighted by atomic mass is 9.30. The second kappa shape index (κ2) is 18.0. The standard InChI is InChI=1S/C64H91N3O7/c1-57(73)21-7-8-22-58(2)55-59(3)35-62(56(58)72,42-26-39(33-66-6)27-44(69)30-42)24-25-64(55,67-37-57)36-63-23-11-13-40-18-17-38(34-68)28-46(40)47(53-49(19-20-52(59)63)60(63,4)32-51(53)71)31-50(70)54-61(5,74-54)48-16-10-15-45(48)41-12-9-14-43(65)29-41/h9,12,14,26-27,29-30,38,40,45-48,50,52,54-55,66-70,73H,7-8,10-11,13,15-25,28,31-37,65H2,1-6H3. The summed E-state index contributed by atoms with van der Waals surface area (Å²) in [6.45, 7) is 12.8. The molecule has 8 N–H and O–H groups in total. The van der Waals surface area contributed by atoms with E-state index in [0.29, 0.717) is 62.8 Å².